The number of hydrogen-bond acceptors (Lipinski definition) is 4. The Balaban J connectivity index is 1.16. The lowest BCUT2D eigenvalue weighted by Crippen LogP contribution is -2.44. The van der Waals surface area contributed by atoms with E-state index in [1.807, 2.05) is 4.90 Å². The fraction of sp³-hybridized carbons (Fsp3) is 0.462. The van der Waals surface area contributed by atoms with E-state index < -0.39 is 0 Å². The standard InChI is InChI=1S/C26H33N3O3/c30-24-10-8-23(9-11-24)27-26(32)22-14-15-28(18-22)19-25(31)29-16-12-21(13-17-29)7-6-20-4-2-1-3-5-20/h1-5,8-11,21-22,30H,6-7,12-19H2,(H,27,32). The lowest BCUT2D eigenvalue weighted by Gasteiger charge is -2.33. The van der Waals surface area contributed by atoms with Gasteiger partial charge in [0.2, 0.25) is 11.8 Å². The number of likely N-dealkylation sites (tertiary alicyclic amines) is 2. The summed E-state index contributed by atoms with van der Waals surface area (Å²) in [6.07, 6.45) is 5.22. The number of aryl methyl sites for hydroxylation is 1. The van der Waals surface area contributed by atoms with Gasteiger partial charge in [-0.3, -0.25) is 14.5 Å². The molecular weight excluding hydrogens is 402 g/mol. The Morgan fingerprint density at radius 1 is 0.938 bits per heavy atom. The summed E-state index contributed by atoms with van der Waals surface area (Å²) in [6.45, 7) is 3.47. The van der Waals surface area contributed by atoms with Crippen LogP contribution >= 0.6 is 0 Å². The van der Waals surface area contributed by atoms with Gasteiger partial charge in [-0.2, -0.15) is 0 Å². The first-order chi connectivity index (χ1) is 15.6. The zero-order valence-electron chi connectivity index (χ0n) is 18.6. The van der Waals surface area contributed by atoms with Crippen LogP contribution in [-0.2, 0) is 16.0 Å². The third-order valence-corrected chi connectivity index (χ3v) is 6.79. The van der Waals surface area contributed by atoms with Crippen molar-refractivity contribution >= 4 is 17.5 Å². The fourth-order valence-electron chi connectivity index (χ4n) is 4.76. The van der Waals surface area contributed by atoms with Gasteiger partial charge in [-0.25, -0.2) is 0 Å². The highest BCUT2D eigenvalue weighted by molar-refractivity contribution is 5.93. The number of benzene rings is 2. The molecule has 0 aliphatic carbocycles. The highest BCUT2D eigenvalue weighted by Gasteiger charge is 2.31. The smallest absolute Gasteiger partial charge is 0.236 e. The number of amides is 2. The van der Waals surface area contributed by atoms with E-state index in [-0.39, 0.29) is 23.5 Å². The number of nitrogens with zero attached hydrogens (tertiary/aromatic N) is 2. The molecular formula is C26H33N3O3. The van der Waals surface area contributed by atoms with Gasteiger partial charge in [0.25, 0.3) is 0 Å². The Bertz CT molecular complexity index is 892. The molecule has 2 aliphatic heterocycles. The summed E-state index contributed by atoms with van der Waals surface area (Å²) in [7, 11) is 0. The maximum absolute atomic E-state index is 12.8. The summed E-state index contributed by atoms with van der Waals surface area (Å²) in [5.41, 5.74) is 2.07. The van der Waals surface area contributed by atoms with Gasteiger partial charge in [0.05, 0.1) is 12.5 Å². The maximum atomic E-state index is 12.8. The van der Waals surface area contributed by atoms with Crippen molar-refractivity contribution in [3.8, 4) is 5.75 Å². The first-order valence-corrected chi connectivity index (χ1v) is 11.7. The molecule has 0 aromatic heterocycles. The van der Waals surface area contributed by atoms with Crippen LogP contribution in [-0.4, -0.2) is 59.4 Å². The van der Waals surface area contributed by atoms with E-state index in [1.54, 1.807) is 24.3 Å². The minimum atomic E-state index is -0.111. The zero-order valence-corrected chi connectivity index (χ0v) is 18.6. The number of carbonyl (C=O) groups is 2. The molecule has 0 saturated carbocycles. The van der Waals surface area contributed by atoms with Gasteiger partial charge in [-0.05, 0) is 74.4 Å². The average molecular weight is 436 g/mol. The van der Waals surface area contributed by atoms with E-state index in [0.29, 0.717) is 24.7 Å². The number of aromatic hydroxyl groups is 1. The van der Waals surface area contributed by atoms with Crippen molar-refractivity contribution in [3.05, 3.63) is 60.2 Å². The second-order valence-electron chi connectivity index (χ2n) is 9.11. The number of phenols is 1. The summed E-state index contributed by atoms with van der Waals surface area (Å²) in [5, 5.41) is 12.3. The van der Waals surface area contributed by atoms with Crippen LogP contribution in [0.3, 0.4) is 0 Å². The highest BCUT2D eigenvalue weighted by Crippen LogP contribution is 2.24. The van der Waals surface area contributed by atoms with Crippen LogP contribution in [0, 0.1) is 11.8 Å². The molecule has 1 atom stereocenters. The van der Waals surface area contributed by atoms with Crippen LogP contribution in [0.15, 0.2) is 54.6 Å². The summed E-state index contributed by atoms with van der Waals surface area (Å²) in [5.74, 6) is 0.920. The second-order valence-corrected chi connectivity index (χ2v) is 9.11. The quantitative estimate of drug-likeness (QED) is 0.653. The van der Waals surface area contributed by atoms with E-state index in [4.69, 9.17) is 0 Å². The normalized spacial score (nSPS) is 19.8. The van der Waals surface area contributed by atoms with Gasteiger partial charge in [0.15, 0.2) is 0 Å². The van der Waals surface area contributed by atoms with Crippen LogP contribution in [0.2, 0.25) is 0 Å². The number of hydrogen-bond donors (Lipinski definition) is 2. The third kappa shape index (κ3) is 6.10. The fourth-order valence-corrected chi connectivity index (χ4v) is 4.76. The first-order valence-electron chi connectivity index (χ1n) is 11.7. The molecule has 2 aromatic rings. The molecule has 4 rings (SSSR count). The van der Waals surface area contributed by atoms with E-state index >= 15 is 0 Å². The zero-order chi connectivity index (χ0) is 22.3. The number of phenolic OH excluding ortho intramolecular Hbond substituents is 1. The summed E-state index contributed by atoms with van der Waals surface area (Å²) in [4.78, 5) is 29.4. The molecule has 2 saturated heterocycles. The van der Waals surface area contributed by atoms with Crippen molar-refractivity contribution in [2.24, 2.45) is 11.8 Å². The lowest BCUT2D eigenvalue weighted by molar-refractivity contribution is -0.133. The molecule has 32 heavy (non-hydrogen) atoms. The highest BCUT2D eigenvalue weighted by atomic mass is 16.3. The Morgan fingerprint density at radius 2 is 1.66 bits per heavy atom. The first kappa shape index (κ1) is 22.3. The molecule has 2 aromatic carbocycles. The number of anilines is 1. The van der Waals surface area contributed by atoms with Gasteiger partial charge >= 0.3 is 0 Å². The van der Waals surface area contributed by atoms with Crippen molar-refractivity contribution in [2.45, 2.75) is 32.1 Å². The van der Waals surface area contributed by atoms with Crippen molar-refractivity contribution in [2.75, 3.05) is 38.0 Å². The Hall–Kier alpha value is -2.86. The summed E-state index contributed by atoms with van der Waals surface area (Å²) in [6, 6.07) is 17.1. The molecule has 170 valence electrons. The van der Waals surface area contributed by atoms with Crippen molar-refractivity contribution in [1.82, 2.24) is 9.80 Å². The minimum absolute atomic E-state index is 0.0233. The van der Waals surface area contributed by atoms with Crippen LogP contribution in [0.1, 0.15) is 31.2 Å². The molecule has 2 amide bonds. The van der Waals surface area contributed by atoms with Crippen LogP contribution in [0.4, 0.5) is 5.69 Å². The molecule has 2 heterocycles. The largest absolute Gasteiger partial charge is 0.508 e. The Labute approximate surface area is 190 Å². The lowest BCUT2D eigenvalue weighted by atomic mass is 9.90. The van der Waals surface area contributed by atoms with E-state index in [1.165, 1.54) is 12.0 Å². The molecule has 2 aliphatic rings. The molecule has 2 N–H and O–H groups in total. The van der Waals surface area contributed by atoms with E-state index in [2.05, 4.69) is 40.5 Å². The Kier molecular flexibility index (Phi) is 7.43. The molecule has 0 spiro atoms. The Morgan fingerprint density at radius 3 is 2.38 bits per heavy atom. The predicted octanol–water partition coefficient (Wildman–Crippen LogP) is 3.52. The molecule has 0 radical (unpaired) electrons. The van der Waals surface area contributed by atoms with Crippen molar-refractivity contribution in [3.63, 3.8) is 0 Å². The second kappa shape index (κ2) is 10.6. The minimum Gasteiger partial charge on any atom is -0.508 e. The van der Waals surface area contributed by atoms with Gasteiger partial charge in [0.1, 0.15) is 5.75 Å². The monoisotopic (exact) mass is 435 g/mol. The van der Waals surface area contributed by atoms with Gasteiger partial charge in [-0.15, -0.1) is 0 Å². The van der Waals surface area contributed by atoms with Crippen LogP contribution < -0.4 is 5.32 Å². The summed E-state index contributed by atoms with van der Waals surface area (Å²) < 4.78 is 0. The van der Waals surface area contributed by atoms with Crippen LogP contribution in [0.5, 0.6) is 5.75 Å². The van der Waals surface area contributed by atoms with Gasteiger partial charge < -0.3 is 15.3 Å². The van der Waals surface area contributed by atoms with Gasteiger partial charge in [0, 0.05) is 25.3 Å². The summed E-state index contributed by atoms with van der Waals surface area (Å²) >= 11 is 0. The van der Waals surface area contributed by atoms with E-state index in [9.17, 15) is 14.7 Å². The SMILES string of the molecule is O=C(Nc1ccc(O)cc1)C1CCN(CC(=O)N2CCC(CCc3ccccc3)CC2)C1. The average Bonchev–Trinajstić information content (AvgIpc) is 3.29. The topological polar surface area (TPSA) is 72.9 Å². The number of rotatable bonds is 7. The predicted molar refractivity (Wildman–Crippen MR) is 125 cm³/mol. The van der Waals surface area contributed by atoms with Crippen molar-refractivity contribution in [1.29, 1.82) is 0 Å². The number of carbonyl (C=O) groups excluding carboxylic acids is 2. The van der Waals surface area contributed by atoms with Crippen molar-refractivity contribution < 1.29 is 14.7 Å². The molecule has 2 fully saturated rings. The third-order valence-electron chi connectivity index (χ3n) is 6.79. The van der Waals surface area contributed by atoms with E-state index in [0.717, 1.165) is 45.3 Å². The molecule has 1 unspecified atom stereocenters. The maximum Gasteiger partial charge on any atom is 0.236 e. The van der Waals surface area contributed by atoms with Crippen LogP contribution in [0.25, 0.3) is 0 Å². The van der Waals surface area contributed by atoms with Gasteiger partial charge in [-0.1, -0.05) is 30.3 Å². The molecule has 6 nitrogen and oxygen atoms in total. The molecule has 0 bridgehead atoms. The number of nitrogens with one attached hydrogen (secondary N) is 1. The molecule has 6 heteroatoms. The number of piperidine rings is 1.